The SMILES string of the molecule is c1ccc(-c2ccc([PH+](c3ccc(-c4ccccc4)cc3)c3ccc4cc5c6c(cccc6c4c3)-c3c-5c(-c4ccccc4)c4ccccc4c3-c3ccccc3)cc2)cc1. The lowest BCUT2D eigenvalue weighted by atomic mass is 9.82. The fourth-order valence-corrected chi connectivity index (χ4v) is 12.5. The van der Waals surface area contributed by atoms with E-state index in [4.69, 9.17) is 0 Å². The molecule has 0 saturated carbocycles. The minimum absolute atomic E-state index is 1.24. The highest BCUT2D eigenvalue weighted by atomic mass is 31.1. The second-order valence-corrected chi connectivity index (χ2v) is 18.6. The van der Waals surface area contributed by atoms with E-state index in [-0.39, 0.29) is 0 Å². The van der Waals surface area contributed by atoms with Gasteiger partial charge in [0, 0.05) is 0 Å². The molecule has 0 aromatic heterocycles. The number of hydrogen-bond donors (Lipinski definition) is 0. The van der Waals surface area contributed by atoms with Gasteiger partial charge in [-0.2, -0.15) is 0 Å². The number of rotatable bonds is 7. The van der Waals surface area contributed by atoms with E-state index in [0.29, 0.717) is 0 Å². The molecule has 0 radical (unpaired) electrons. The molecule has 0 atom stereocenters. The molecule has 0 fully saturated rings. The molecule has 11 aromatic carbocycles. The van der Waals surface area contributed by atoms with Gasteiger partial charge in [0.05, 0.1) is 7.92 Å². The van der Waals surface area contributed by atoms with E-state index in [1.165, 1.54) is 115 Å². The molecule has 0 heterocycles. The molecule has 0 bridgehead atoms. The predicted molar refractivity (Wildman–Crippen MR) is 265 cm³/mol. The summed E-state index contributed by atoms with van der Waals surface area (Å²) in [6.07, 6.45) is 0. The summed E-state index contributed by atoms with van der Waals surface area (Å²) in [7, 11) is -1.40. The van der Waals surface area contributed by atoms with Gasteiger partial charge in [-0.15, -0.1) is 0 Å². The molecule has 12 rings (SSSR count). The van der Waals surface area contributed by atoms with Crippen molar-refractivity contribution in [2.24, 2.45) is 0 Å². The third kappa shape index (κ3) is 5.95. The highest BCUT2D eigenvalue weighted by Crippen LogP contribution is 2.58. The summed E-state index contributed by atoms with van der Waals surface area (Å²) in [5.41, 5.74) is 15.4. The van der Waals surface area contributed by atoms with Gasteiger partial charge in [-0.3, -0.25) is 0 Å². The summed E-state index contributed by atoms with van der Waals surface area (Å²) < 4.78 is 0. The molecule has 1 aliphatic rings. The lowest BCUT2D eigenvalue weighted by Crippen LogP contribution is -2.20. The summed E-state index contributed by atoms with van der Waals surface area (Å²) in [6.45, 7) is 0. The number of benzene rings is 11. The van der Waals surface area contributed by atoms with Crippen LogP contribution in [-0.2, 0) is 0 Å². The Labute approximate surface area is 357 Å². The zero-order valence-corrected chi connectivity index (χ0v) is 34.5. The Kier molecular flexibility index (Phi) is 8.58. The fraction of sp³-hybridized carbons (Fsp3) is 0. The third-order valence-electron chi connectivity index (χ3n) is 12.7. The fourth-order valence-electron chi connectivity index (χ4n) is 9.98. The first-order chi connectivity index (χ1) is 30.3. The van der Waals surface area contributed by atoms with Crippen LogP contribution in [0.15, 0.2) is 237 Å². The Morgan fingerprint density at radius 3 is 1.15 bits per heavy atom. The second kappa shape index (κ2) is 14.7. The number of hydrogen-bond acceptors (Lipinski definition) is 0. The van der Waals surface area contributed by atoms with Crippen LogP contribution >= 0.6 is 7.92 Å². The summed E-state index contributed by atoms with van der Waals surface area (Å²) in [5, 5.41) is 11.9. The average Bonchev–Trinajstić information content (AvgIpc) is 3.66. The molecule has 11 aromatic rings. The topological polar surface area (TPSA) is 0 Å². The summed E-state index contributed by atoms with van der Waals surface area (Å²) in [4.78, 5) is 0. The van der Waals surface area contributed by atoms with Gasteiger partial charge < -0.3 is 0 Å². The van der Waals surface area contributed by atoms with Gasteiger partial charge in [0.1, 0.15) is 15.9 Å². The molecule has 61 heavy (non-hydrogen) atoms. The van der Waals surface area contributed by atoms with E-state index >= 15 is 0 Å². The highest BCUT2D eigenvalue weighted by molar-refractivity contribution is 7.79. The van der Waals surface area contributed by atoms with Crippen LogP contribution in [0.4, 0.5) is 0 Å². The molecule has 0 N–H and O–H groups in total. The molecule has 1 aliphatic carbocycles. The van der Waals surface area contributed by atoms with Crippen molar-refractivity contribution in [2.75, 3.05) is 0 Å². The molecule has 0 nitrogen and oxygen atoms in total. The van der Waals surface area contributed by atoms with Gasteiger partial charge in [0.15, 0.2) is 0 Å². The quantitative estimate of drug-likeness (QED) is 0.111. The zero-order chi connectivity index (χ0) is 40.3. The molecular weight excluding hydrogens is 752 g/mol. The highest BCUT2D eigenvalue weighted by Gasteiger charge is 2.32. The smallest absolute Gasteiger partial charge is 0.0622 e. The van der Waals surface area contributed by atoms with Gasteiger partial charge in [0.2, 0.25) is 0 Å². The molecule has 0 saturated heterocycles. The van der Waals surface area contributed by atoms with Crippen molar-refractivity contribution >= 4 is 56.2 Å². The first-order valence-electron chi connectivity index (χ1n) is 21.2. The maximum Gasteiger partial charge on any atom is 0.103 e. The first kappa shape index (κ1) is 35.6. The number of fused-ring (bicyclic) bond motifs is 6. The van der Waals surface area contributed by atoms with Crippen LogP contribution in [-0.4, -0.2) is 0 Å². The van der Waals surface area contributed by atoms with Crippen molar-refractivity contribution in [3.8, 4) is 66.8 Å². The standard InChI is InChI=1S/C60H39P/c1-5-16-40(17-6-1)42-28-33-47(34-29-42)61(48-35-30-43(31-36-48)41-18-7-2-8-19-41)49-37-32-46-38-55-58-52(54(46)39-49)26-15-27-53(58)59-56(44-20-9-3-10-21-44)50-24-13-14-25-51(50)57(60(55)59)45-22-11-4-12-23-45/h1-39H/p+1. The van der Waals surface area contributed by atoms with Crippen LogP contribution in [0.3, 0.4) is 0 Å². The van der Waals surface area contributed by atoms with Crippen molar-refractivity contribution in [2.45, 2.75) is 0 Å². The minimum Gasteiger partial charge on any atom is -0.0622 e. The van der Waals surface area contributed by atoms with Gasteiger partial charge >= 0.3 is 0 Å². The van der Waals surface area contributed by atoms with Gasteiger partial charge in [0.25, 0.3) is 0 Å². The normalized spacial score (nSPS) is 11.8. The van der Waals surface area contributed by atoms with Crippen LogP contribution in [0, 0.1) is 0 Å². The van der Waals surface area contributed by atoms with E-state index in [1.807, 2.05) is 0 Å². The third-order valence-corrected chi connectivity index (χ3v) is 15.4. The van der Waals surface area contributed by atoms with Gasteiger partial charge in [-0.1, -0.05) is 194 Å². The van der Waals surface area contributed by atoms with Crippen LogP contribution < -0.4 is 15.9 Å². The van der Waals surface area contributed by atoms with Crippen LogP contribution in [0.2, 0.25) is 0 Å². The van der Waals surface area contributed by atoms with E-state index in [9.17, 15) is 0 Å². The van der Waals surface area contributed by atoms with Crippen molar-refractivity contribution < 1.29 is 0 Å². The van der Waals surface area contributed by atoms with Crippen LogP contribution in [0.25, 0.3) is 99.1 Å². The van der Waals surface area contributed by atoms with Gasteiger partial charge in [-0.25, -0.2) is 0 Å². The molecule has 0 spiro atoms. The van der Waals surface area contributed by atoms with Crippen LogP contribution in [0.1, 0.15) is 0 Å². The molecule has 0 aliphatic heterocycles. The van der Waals surface area contributed by atoms with Crippen molar-refractivity contribution in [1.29, 1.82) is 0 Å². The second-order valence-electron chi connectivity index (χ2n) is 16.1. The van der Waals surface area contributed by atoms with Crippen molar-refractivity contribution in [1.82, 2.24) is 0 Å². The Morgan fingerprint density at radius 1 is 0.230 bits per heavy atom. The molecule has 1 heteroatoms. The van der Waals surface area contributed by atoms with Gasteiger partial charge in [-0.05, 0) is 142 Å². The van der Waals surface area contributed by atoms with E-state index < -0.39 is 7.92 Å². The maximum absolute atomic E-state index is 2.53. The largest absolute Gasteiger partial charge is 0.103 e. The lowest BCUT2D eigenvalue weighted by Gasteiger charge is -2.20. The summed E-state index contributed by atoms with van der Waals surface area (Å²) >= 11 is 0. The van der Waals surface area contributed by atoms with E-state index in [1.54, 1.807) is 0 Å². The predicted octanol–water partition coefficient (Wildman–Crippen LogP) is 15.0. The lowest BCUT2D eigenvalue weighted by molar-refractivity contribution is 1.62. The minimum atomic E-state index is -1.40. The molecule has 0 unspecified atom stereocenters. The Hall–Kier alpha value is -7.37. The molecule has 284 valence electrons. The summed E-state index contributed by atoms with van der Waals surface area (Å²) in [6, 6.07) is 88.0. The Bertz CT molecular complexity index is 3330. The maximum atomic E-state index is 2.53. The first-order valence-corrected chi connectivity index (χ1v) is 22.7. The average molecular weight is 792 g/mol. The van der Waals surface area contributed by atoms with E-state index in [0.717, 1.165) is 0 Å². The van der Waals surface area contributed by atoms with Crippen molar-refractivity contribution in [3.63, 3.8) is 0 Å². The monoisotopic (exact) mass is 791 g/mol. The molecular formula is C60H40P+. The summed E-state index contributed by atoms with van der Waals surface area (Å²) in [5.74, 6) is 0. The molecule has 0 amide bonds. The van der Waals surface area contributed by atoms with Crippen molar-refractivity contribution in [3.05, 3.63) is 237 Å². The Balaban J connectivity index is 1.09. The van der Waals surface area contributed by atoms with Crippen LogP contribution in [0.5, 0.6) is 0 Å². The Morgan fingerprint density at radius 2 is 0.639 bits per heavy atom. The van der Waals surface area contributed by atoms with E-state index in [2.05, 4.69) is 237 Å². The zero-order valence-electron chi connectivity index (χ0n) is 33.5.